The average molecular weight is 572 g/mol. The van der Waals surface area contributed by atoms with E-state index in [1.165, 1.54) is 0 Å². The number of aryl methyl sites for hydroxylation is 1. The molecule has 3 aromatic carbocycles. The van der Waals surface area contributed by atoms with Crippen LogP contribution in [0.2, 0.25) is 0 Å². The fraction of sp³-hybridized carbons (Fsp3) is 0.182. The summed E-state index contributed by atoms with van der Waals surface area (Å²) >= 11 is 0. The van der Waals surface area contributed by atoms with Crippen molar-refractivity contribution in [3.63, 3.8) is 0 Å². The first-order valence-electron chi connectivity index (χ1n) is 13.4. The summed E-state index contributed by atoms with van der Waals surface area (Å²) in [5, 5.41) is 0.929. The van der Waals surface area contributed by atoms with E-state index in [2.05, 4.69) is 15.8 Å². The van der Waals surface area contributed by atoms with E-state index in [4.69, 9.17) is 15.5 Å². The average Bonchev–Trinajstić information content (AvgIpc) is 3.01. The van der Waals surface area contributed by atoms with Crippen LogP contribution in [0.5, 0.6) is 5.75 Å². The lowest BCUT2D eigenvalue weighted by Gasteiger charge is -2.14. The molecule has 0 atom stereocenters. The molecule has 2 heterocycles. The Labute approximate surface area is 241 Å². The summed E-state index contributed by atoms with van der Waals surface area (Å²) in [5.41, 5.74) is 12.7. The zero-order chi connectivity index (χ0) is 29.5. The minimum absolute atomic E-state index is 0.285. The van der Waals surface area contributed by atoms with E-state index in [9.17, 15) is 18.0 Å². The summed E-state index contributed by atoms with van der Waals surface area (Å²) in [6, 6.07) is 28.7. The number of aromatic nitrogens is 2. The molecular weight excluding hydrogens is 543 g/mol. The summed E-state index contributed by atoms with van der Waals surface area (Å²) in [6.45, 7) is 0.213. The maximum absolute atomic E-state index is 12.5. The SMILES string of the molecule is NCc1ccc(-c2nc3ccnc(CCCOc4ccccc4COC(=O)C(F)(F)F)c3cc2-c2ccccc2)cc1. The van der Waals surface area contributed by atoms with Gasteiger partial charge in [-0.1, -0.05) is 72.8 Å². The molecule has 42 heavy (non-hydrogen) atoms. The summed E-state index contributed by atoms with van der Waals surface area (Å²) in [4.78, 5) is 20.8. The van der Waals surface area contributed by atoms with Gasteiger partial charge in [-0.3, -0.25) is 4.98 Å². The summed E-state index contributed by atoms with van der Waals surface area (Å²) in [6.07, 6.45) is -2.14. The van der Waals surface area contributed by atoms with Crippen molar-refractivity contribution < 1.29 is 27.4 Å². The van der Waals surface area contributed by atoms with E-state index in [0.717, 1.165) is 44.5 Å². The maximum atomic E-state index is 12.5. The number of hydrogen-bond donors (Lipinski definition) is 1. The Kier molecular flexibility index (Phi) is 8.78. The van der Waals surface area contributed by atoms with Crippen LogP contribution < -0.4 is 10.5 Å². The maximum Gasteiger partial charge on any atom is 0.490 e. The topological polar surface area (TPSA) is 87.3 Å². The van der Waals surface area contributed by atoms with Gasteiger partial charge >= 0.3 is 12.1 Å². The Bertz CT molecular complexity index is 1670. The largest absolute Gasteiger partial charge is 0.493 e. The van der Waals surface area contributed by atoms with E-state index in [1.807, 2.05) is 60.7 Å². The first kappa shape index (κ1) is 28.8. The Balaban J connectivity index is 1.35. The molecule has 6 nitrogen and oxygen atoms in total. The standard InChI is InChI=1S/C33H28F3N3O3/c34-33(35,36)32(40)42-21-25-9-4-5-11-30(25)41-18-6-10-28-27-19-26(23-7-2-1-3-8-23)31(39-29(27)16-17-38-28)24-14-12-22(20-37)13-15-24/h1-5,7-9,11-17,19H,6,10,18,20-21,37H2. The number of ether oxygens (including phenoxy) is 2. The number of alkyl halides is 3. The monoisotopic (exact) mass is 571 g/mol. The van der Waals surface area contributed by atoms with Crippen molar-refractivity contribution in [3.8, 4) is 28.1 Å². The van der Waals surface area contributed by atoms with Crippen LogP contribution in [0.25, 0.3) is 33.3 Å². The number of nitrogens with two attached hydrogens (primary N) is 1. The number of esters is 1. The number of hydrogen-bond acceptors (Lipinski definition) is 6. The first-order chi connectivity index (χ1) is 20.3. The molecule has 214 valence electrons. The summed E-state index contributed by atoms with van der Waals surface area (Å²) in [5.74, 6) is -1.88. The van der Waals surface area contributed by atoms with Crippen LogP contribution in [0.4, 0.5) is 13.2 Å². The van der Waals surface area contributed by atoms with Crippen molar-refractivity contribution in [2.45, 2.75) is 32.2 Å². The third-order valence-electron chi connectivity index (χ3n) is 6.75. The Hall–Kier alpha value is -4.76. The van der Waals surface area contributed by atoms with Crippen molar-refractivity contribution >= 4 is 16.9 Å². The predicted molar refractivity (Wildman–Crippen MR) is 154 cm³/mol. The zero-order valence-electron chi connectivity index (χ0n) is 22.6. The van der Waals surface area contributed by atoms with Crippen LogP contribution in [-0.2, 0) is 29.1 Å². The van der Waals surface area contributed by atoms with Crippen molar-refractivity contribution in [2.24, 2.45) is 5.73 Å². The molecule has 0 saturated carbocycles. The van der Waals surface area contributed by atoms with Gasteiger partial charge in [0.05, 0.1) is 17.8 Å². The molecule has 0 fully saturated rings. The van der Waals surface area contributed by atoms with E-state index >= 15 is 0 Å². The van der Waals surface area contributed by atoms with Crippen molar-refractivity contribution in [1.82, 2.24) is 9.97 Å². The summed E-state index contributed by atoms with van der Waals surface area (Å²) in [7, 11) is 0. The van der Waals surface area contributed by atoms with E-state index < -0.39 is 18.8 Å². The molecule has 5 aromatic rings. The molecule has 0 unspecified atom stereocenters. The molecule has 9 heteroatoms. The highest BCUT2D eigenvalue weighted by atomic mass is 19.4. The van der Waals surface area contributed by atoms with E-state index in [0.29, 0.717) is 30.7 Å². The molecule has 0 spiro atoms. The van der Waals surface area contributed by atoms with Crippen molar-refractivity contribution in [2.75, 3.05) is 6.61 Å². The molecular formula is C33H28F3N3O3. The number of rotatable bonds is 10. The molecule has 0 radical (unpaired) electrons. The molecule has 0 aliphatic rings. The van der Waals surface area contributed by atoms with Gasteiger partial charge in [0, 0.05) is 40.5 Å². The van der Waals surface area contributed by atoms with Gasteiger partial charge in [-0.25, -0.2) is 9.78 Å². The molecule has 0 aliphatic heterocycles. The molecule has 5 rings (SSSR count). The van der Waals surface area contributed by atoms with Crippen LogP contribution in [-0.4, -0.2) is 28.7 Å². The van der Waals surface area contributed by atoms with Crippen LogP contribution in [0.1, 0.15) is 23.2 Å². The second-order valence-corrected chi connectivity index (χ2v) is 9.61. The summed E-state index contributed by atoms with van der Waals surface area (Å²) < 4.78 is 47.8. The van der Waals surface area contributed by atoms with Gasteiger partial charge in [-0.15, -0.1) is 0 Å². The highest BCUT2D eigenvalue weighted by molar-refractivity contribution is 5.92. The van der Waals surface area contributed by atoms with Gasteiger partial charge < -0.3 is 15.2 Å². The number of para-hydroxylation sites is 1. The Morgan fingerprint density at radius 1 is 0.881 bits per heavy atom. The van der Waals surface area contributed by atoms with Gasteiger partial charge in [0.15, 0.2) is 0 Å². The van der Waals surface area contributed by atoms with Crippen LogP contribution in [0.15, 0.2) is 97.2 Å². The van der Waals surface area contributed by atoms with Gasteiger partial charge in [0.1, 0.15) is 12.4 Å². The lowest BCUT2D eigenvalue weighted by molar-refractivity contribution is -0.201. The van der Waals surface area contributed by atoms with Gasteiger partial charge in [0.25, 0.3) is 0 Å². The van der Waals surface area contributed by atoms with Crippen LogP contribution in [0, 0.1) is 0 Å². The second-order valence-electron chi connectivity index (χ2n) is 9.61. The molecule has 0 bridgehead atoms. The predicted octanol–water partition coefficient (Wildman–Crippen LogP) is 7.04. The van der Waals surface area contributed by atoms with Crippen molar-refractivity contribution in [3.05, 3.63) is 114 Å². The highest BCUT2D eigenvalue weighted by Crippen LogP contribution is 2.34. The lowest BCUT2D eigenvalue weighted by Crippen LogP contribution is -2.25. The first-order valence-corrected chi connectivity index (χ1v) is 13.4. The number of pyridine rings is 2. The third-order valence-corrected chi connectivity index (χ3v) is 6.75. The van der Waals surface area contributed by atoms with Gasteiger partial charge in [0.2, 0.25) is 0 Å². The minimum Gasteiger partial charge on any atom is -0.493 e. The lowest BCUT2D eigenvalue weighted by atomic mass is 9.96. The second kappa shape index (κ2) is 12.8. The Morgan fingerprint density at radius 3 is 2.36 bits per heavy atom. The van der Waals surface area contributed by atoms with Crippen LogP contribution in [0.3, 0.4) is 0 Å². The van der Waals surface area contributed by atoms with Gasteiger partial charge in [-0.2, -0.15) is 13.2 Å². The Morgan fingerprint density at radius 2 is 1.62 bits per heavy atom. The fourth-order valence-electron chi connectivity index (χ4n) is 4.62. The normalized spacial score (nSPS) is 11.4. The van der Waals surface area contributed by atoms with Crippen molar-refractivity contribution in [1.29, 1.82) is 0 Å². The number of carbonyl (C=O) groups excluding carboxylic acids is 1. The number of halogens is 3. The van der Waals surface area contributed by atoms with E-state index in [1.54, 1.807) is 30.5 Å². The molecule has 2 N–H and O–H groups in total. The zero-order valence-corrected chi connectivity index (χ0v) is 22.6. The fourth-order valence-corrected chi connectivity index (χ4v) is 4.62. The number of benzene rings is 3. The third kappa shape index (κ3) is 6.75. The van der Waals surface area contributed by atoms with Gasteiger partial charge in [-0.05, 0) is 42.2 Å². The minimum atomic E-state index is -5.05. The number of fused-ring (bicyclic) bond motifs is 1. The molecule has 0 saturated heterocycles. The smallest absolute Gasteiger partial charge is 0.490 e. The number of carbonyl (C=O) groups is 1. The molecule has 0 aliphatic carbocycles. The van der Waals surface area contributed by atoms with E-state index in [-0.39, 0.29) is 6.61 Å². The molecule has 0 amide bonds. The quantitative estimate of drug-likeness (QED) is 0.143. The number of nitrogens with zero attached hydrogens (tertiary/aromatic N) is 2. The molecule has 2 aromatic heterocycles. The van der Waals surface area contributed by atoms with Crippen LogP contribution >= 0.6 is 0 Å². The highest BCUT2D eigenvalue weighted by Gasteiger charge is 2.41.